The molecule has 0 aliphatic rings. The molecule has 1 nitrogen and oxygen atoms in total. The summed E-state index contributed by atoms with van der Waals surface area (Å²) in [7, 11) is 0. The van der Waals surface area contributed by atoms with E-state index in [0.717, 1.165) is 5.56 Å². The van der Waals surface area contributed by atoms with Gasteiger partial charge in [-0.2, -0.15) is 0 Å². The highest BCUT2D eigenvalue weighted by molar-refractivity contribution is 6.30. The zero-order valence-corrected chi connectivity index (χ0v) is 8.17. The molecule has 0 aromatic heterocycles. The highest BCUT2D eigenvalue weighted by atomic mass is 35.5. The molecule has 0 aliphatic heterocycles. The van der Waals surface area contributed by atoms with E-state index in [9.17, 15) is 5.11 Å². The molecule has 0 aliphatic carbocycles. The predicted molar refractivity (Wildman–Crippen MR) is 56.0 cm³/mol. The fourth-order valence-electron chi connectivity index (χ4n) is 1.21. The number of hydrogen-bond donors (Lipinski definition) is 1. The van der Waals surface area contributed by atoms with Crippen LogP contribution in [0.5, 0.6) is 0 Å². The maximum atomic E-state index is 9.48. The van der Waals surface area contributed by atoms with E-state index in [1.807, 2.05) is 24.3 Å². The molecular formula is C11H13ClO. The maximum absolute atomic E-state index is 9.48. The van der Waals surface area contributed by atoms with E-state index < -0.39 is 0 Å². The van der Waals surface area contributed by atoms with Crippen molar-refractivity contribution in [1.29, 1.82) is 0 Å². The summed E-state index contributed by atoms with van der Waals surface area (Å²) in [5.41, 5.74) is 1.06. The van der Waals surface area contributed by atoms with Gasteiger partial charge in [0.15, 0.2) is 0 Å². The van der Waals surface area contributed by atoms with Gasteiger partial charge in [-0.25, -0.2) is 0 Å². The van der Waals surface area contributed by atoms with Gasteiger partial charge < -0.3 is 5.11 Å². The van der Waals surface area contributed by atoms with Crippen LogP contribution in [0.15, 0.2) is 36.9 Å². The molecule has 70 valence electrons. The highest BCUT2D eigenvalue weighted by Gasteiger charge is 2.03. The van der Waals surface area contributed by atoms with Gasteiger partial charge in [0.25, 0.3) is 0 Å². The lowest BCUT2D eigenvalue weighted by Gasteiger charge is -2.07. The van der Waals surface area contributed by atoms with E-state index in [-0.39, 0.29) is 6.10 Å². The lowest BCUT2D eigenvalue weighted by Crippen LogP contribution is -2.08. The van der Waals surface area contributed by atoms with E-state index in [2.05, 4.69) is 6.58 Å². The van der Waals surface area contributed by atoms with Crippen molar-refractivity contribution < 1.29 is 5.11 Å². The van der Waals surface area contributed by atoms with Crippen LogP contribution in [0.2, 0.25) is 5.02 Å². The van der Waals surface area contributed by atoms with Crippen LogP contribution in [0.1, 0.15) is 12.0 Å². The smallest absolute Gasteiger partial charge is 0.0614 e. The van der Waals surface area contributed by atoms with E-state index in [1.54, 1.807) is 6.08 Å². The number of halogens is 1. The molecule has 1 aromatic rings. The molecule has 0 heterocycles. The summed E-state index contributed by atoms with van der Waals surface area (Å²) >= 11 is 5.80. The molecule has 13 heavy (non-hydrogen) atoms. The van der Waals surface area contributed by atoms with Gasteiger partial charge >= 0.3 is 0 Å². The van der Waals surface area contributed by atoms with Gasteiger partial charge in [0.1, 0.15) is 0 Å². The summed E-state index contributed by atoms with van der Waals surface area (Å²) < 4.78 is 0. The Labute approximate surface area is 83.7 Å². The highest BCUT2D eigenvalue weighted by Crippen LogP contribution is 2.13. The third-order valence-electron chi connectivity index (χ3n) is 1.80. The fourth-order valence-corrected chi connectivity index (χ4v) is 1.42. The molecule has 1 N–H and O–H groups in total. The second-order valence-corrected chi connectivity index (χ2v) is 3.45. The molecule has 0 radical (unpaired) electrons. The second-order valence-electron chi connectivity index (χ2n) is 3.01. The third-order valence-corrected chi connectivity index (χ3v) is 2.03. The van der Waals surface area contributed by atoms with Gasteiger partial charge in [-0.1, -0.05) is 29.8 Å². The standard InChI is InChI=1S/C11H13ClO/c1-2-4-11(13)8-9-5-3-6-10(12)7-9/h2-3,5-7,11,13H,1,4,8H2. The van der Waals surface area contributed by atoms with Crippen molar-refractivity contribution in [3.8, 4) is 0 Å². The summed E-state index contributed by atoms with van der Waals surface area (Å²) in [5.74, 6) is 0. The molecule has 0 bridgehead atoms. The van der Waals surface area contributed by atoms with Crippen molar-refractivity contribution in [2.75, 3.05) is 0 Å². The Morgan fingerprint density at radius 2 is 2.31 bits per heavy atom. The van der Waals surface area contributed by atoms with Crippen molar-refractivity contribution in [3.63, 3.8) is 0 Å². The van der Waals surface area contributed by atoms with Crippen molar-refractivity contribution in [2.24, 2.45) is 0 Å². The Kier molecular flexibility index (Phi) is 4.00. The van der Waals surface area contributed by atoms with Crippen molar-refractivity contribution >= 4 is 11.6 Å². The Hall–Kier alpha value is -0.790. The van der Waals surface area contributed by atoms with E-state index >= 15 is 0 Å². The van der Waals surface area contributed by atoms with Crippen LogP contribution in [0.4, 0.5) is 0 Å². The Bertz CT molecular complexity index is 283. The first-order valence-electron chi connectivity index (χ1n) is 4.26. The first-order valence-corrected chi connectivity index (χ1v) is 4.63. The minimum atomic E-state index is -0.351. The Morgan fingerprint density at radius 3 is 2.92 bits per heavy atom. The SMILES string of the molecule is C=CCC(O)Cc1cccc(Cl)c1. The molecule has 1 aromatic carbocycles. The predicted octanol–water partition coefficient (Wildman–Crippen LogP) is 2.82. The molecule has 0 spiro atoms. The van der Waals surface area contributed by atoms with Crippen LogP contribution in [0.25, 0.3) is 0 Å². The molecule has 1 unspecified atom stereocenters. The summed E-state index contributed by atoms with van der Waals surface area (Å²) in [6.45, 7) is 3.57. The summed E-state index contributed by atoms with van der Waals surface area (Å²) in [6.07, 6.45) is 2.62. The molecule has 0 saturated heterocycles. The maximum Gasteiger partial charge on any atom is 0.0614 e. The monoisotopic (exact) mass is 196 g/mol. The van der Waals surface area contributed by atoms with Crippen LogP contribution in [0, 0.1) is 0 Å². The van der Waals surface area contributed by atoms with E-state index in [0.29, 0.717) is 17.9 Å². The number of hydrogen-bond acceptors (Lipinski definition) is 1. The van der Waals surface area contributed by atoms with E-state index in [4.69, 9.17) is 11.6 Å². The summed E-state index contributed by atoms with van der Waals surface area (Å²) in [4.78, 5) is 0. The number of benzene rings is 1. The Morgan fingerprint density at radius 1 is 1.54 bits per heavy atom. The number of aliphatic hydroxyl groups is 1. The van der Waals surface area contributed by atoms with Gasteiger partial charge in [0.2, 0.25) is 0 Å². The van der Waals surface area contributed by atoms with Crippen LogP contribution in [-0.2, 0) is 6.42 Å². The summed E-state index contributed by atoms with van der Waals surface area (Å²) in [6, 6.07) is 7.54. The normalized spacial score (nSPS) is 12.5. The minimum Gasteiger partial charge on any atom is -0.392 e. The molecule has 2 heteroatoms. The number of rotatable bonds is 4. The number of aliphatic hydroxyl groups excluding tert-OH is 1. The van der Waals surface area contributed by atoms with Crippen LogP contribution in [-0.4, -0.2) is 11.2 Å². The summed E-state index contributed by atoms with van der Waals surface area (Å²) in [5, 5.41) is 10.2. The van der Waals surface area contributed by atoms with Gasteiger partial charge in [-0.3, -0.25) is 0 Å². The van der Waals surface area contributed by atoms with Crippen molar-refractivity contribution in [1.82, 2.24) is 0 Å². The van der Waals surface area contributed by atoms with Crippen molar-refractivity contribution in [3.05, 3.63) is 47.5 Å². The van der Waals surface area contributed by atoms with Gasteiger partial charge in [0, 0.05) is 5.02 Å². The van der Waals surface area contributed by atoms with Crippen LogP contribution < -0.4 is 0 Å². The first-order chi connectivity index (χ1) is 6.22. The molecule has 1 atom stereocenters. The first kappa shape index (κ1) is 10.3. The zero-order chi connectivity index (χ0) is 9.68. The van der Waals surface area contributed by atoms with Crippen molar-refractivity contribution in [2.45, 2.75) is 18.9 Å². The largest absolute Gasteiger partial charge is 0.392 e. The molecular weight excluding hydrogens is 184 g/mol. The van der Waals surface area contributed by atoms with Gasteiger partial charge in [-0.05, 0) is 30.5 Å². The van der Waals surface area contributed by atoms with Gasteiger partial charge in [0.05, 0.1) is 6.10 Å². The zero-order valence-electron chi connectivity index (χ0n) is 7.41. The average Bonchev–Trinajstić information content (AvgIpc) is 2.04. The average molecular weight is 197 g/mol. The molecule has 1 rings (SSSR count). The molecule has 0 amide bonds. The van der Waals surface area contributed by atoms with E-state index in [1.165, 1.54) is 0 Å². The quantitative estimate of drug-likeness (QED) is 0.735. The minimum absolute atomic E-state index is 0.351. The van der Waals surface area contributed by atoms with Crippen LogP contribution in [0.3, 0.4) is 0 Å². The third kappa shape index (κ3) is 3.62. The lowest BCUT2D eigenvalue weighted by atomic mass is 10.1. The van der Waals surface area contributed by atoms with Crippen LogP contribution >= 0.6 is 11.6 Å². The topological polar surface area (TPSA) is 20.2 Å². The Balaban J connectivity index is 2.58. The molecule has 0 fully saturated rings. The lowest BCUT2D eigenvalue weighted by molar-refractivity contribution is 0.178. The molecule has 0 saturated carbocycles. The van der Waals surface area contributed by atoms with Gasteiger partial charge in [-0.15, -0.1) is 6.58 Å². The second kappa shape index (κ2) is 5.05. The fraction of sp³-hybridized carbons (Fsp3) is 0.273.